The Morgan fingerprint density at radius 1 is 1.07 bits per heavy atom. The Balaban J connectivity index is 1.56. The van der Waals surface area contributed by atoms with Crippen molar-refractivity contribution in [1.82, 2.24) is 9.88 Å². The van der Waals surface area contributed by atoms with E-state index in [-0.39, 0.29) is 22.7 Å². The van der Waals surface area contributed by atoms with E-state index in [0.29, 0.717) is 5.92 Å². The van der Waals surface area contributed by atoms with Gasteiger partial charge in [0.25, 0.3) is 0 Å². The molecule has 0 bridgehead atoms. The Hall–Kier alpha value is -2.81. The highest BCUT2D eigenvalue weighted by atomic mass is 19.1. The highest BCUT2D eigenvalue weighted by molar-refractivity contribution is 5.84. The molecule has 1 saturated carbocycles. The first-order valence-electron chi connectivity index (χ1n) is 15.6. The van der Waals surface area contributed by atoms with Gasteiger partial charge in [0.2, 0.25) is 0 Å². The van der Waals surface area contributed by atoms with Crippen LogP contribution in [0.4, 0.5) is 4.39 Å². The molecule has 2 fully saturated rings. The highest BCUT2D eigenvalue weighted by Gasteiger charge is 2.59. The number of halogens is 1. The van der Waals surface area contributed by atoms with Crippen LogP contribution in [-0.2, 0) is 6.42 Å². The Kier molecular flexibility index (Phi) is 8.32. The summed E-state index contributed by atoms with van der Waals surface area (Å²) in [5, 5.41) is 1.14. The van der Waals surface area contributed by atoms with Crippen LogP contribution < -0.4 is 0 Å². The van der Waals surface area contributed by atoms with Crippen LogP contribution in [0, 0.1) is 23.1 Å². The van der Waals surface area contributed by atoms with Crippen molar-refractivity contribution in [3.05, 3.63) is 96.1 Å². The van der Waals surface area contributed by atoms with Gasteiger partial charge in [0.05, 0.1) is 0 Å². The van der Waals surface area contributed by atoms with Gasteiger partial charge in [0.15, 0.2) is 0 Å². The average molecular weight is 541 g/mol. The molecule has 2 aliphatic rings. The number of hydrogen-bond acceptors (Lipinski definition) is 1. The summed E-state index contributed by atoms with van der Waals surface area (Å²) in [5.41, 5.74) is 5.92. The molecule has 0 spiro atoms. The quantitative estimate of drug-likeness (QED) is 0.253. The van der Waals surface area contributed by atoms with E-state index in [0.717, 1.165) is 49.0 Å². The second kappa shape index (κ2) is 11.6. The fraction of sp³-hybridized carbons (Fsp3) is 0.514. The summed E-state index contributed by atoms with van der Waals surface area (Å²) in [6.07, 6.45) is 13.0. The second-order valence-corrected chi connectivity index (χ2v) is 13.3. The van der Waals surface area contributed by atoms with E-state index in [1.807, 2.05) is 6.07 Å². The van der Waals surface area contributed by atoms with Crippen LogP contribution >= 0.6 is 0 Å². The molecule has 4 atom stereocenters. The van der Waals surface area contributed by atoms with Crippen LogP contribution in [0.2, 0.25) is 0 Å². The number of rotatable bonds is 10. The largest absolute Gasteiger partial charge is 0.368 e. The first-order valence-corrected chi connectivity index (χ1v) is 15.6. The topological polar surface area (TPSA) is 19.0 Å². The standard InChI is InChI=1S/C37H49FN2/c1-7-20-37(6)36(5,23-26(2)28(4)30-16-12-9-13-17-30)34(33-24-39-35-22-31(38)18-19-32(33)35)25-40(37)27(3)21-29-14-10-8-11-15-29/h8,10-11,14-15,18-19,22,24,28,30,34,39H,2-3,7,9,12-13,16-17,20-21,23,25H2,1,4-6H3/t28?,34-,36-,37-/m1/s1. The van der Waals surface area contributed by atoms with Crippen LogP contribution in [0.15, 0.2) is 79.2 Å². The van der Waals surface area contributed by atoms with Gasteiger partial charge < -0.3 is 9.88 Å². The maximum absolute atomic E-state index is 14.2. The zero-order valence-corrected chi connectivity index (χ0v) is 25.2. The van der Waals surface area contributed by atoms with E-state index < -0.39 is 0 Å². The molecule has 1 aliphatic carbocycles. The van der Waals surface area contributed by atoms with Crippen molar-refractivity contribution < 1.29 is 4.39 Å². The zero-order valence-electron chi connectivity index (χ0n) is 25.2. The van der Waals surface area contributed by atoms with Gasteiger partial charge >= 0.3 is 0 Å². The summed E-state index contributed by atoms with van der Waals surface area (Å²) in [6, 6.07) is 15.9. The molecule has 0 amide bonds. The minimum Gasteiger partial charge on any atom is -0.368 e. The smallest absolute Gasteiger partial charge is 0.125 e. The predicted molar refractivity (Wildman–Crippen MR) is 168 cm³/mol. The minimum absolute atomic E-state index is 0.0633. The van der Waals surface area contributed by atoms with Crippen molar-refractivity contribution in [2.75, 3.05) is 6.54 Å². The van der Waals surface area contributed by atoms with Crippen LogP contribution in [0.3, 0.4) is 0 Å². The highest BCUT2D eigenvalue weighted by Crippen LogP contribution is 2.61. The molecule has 214 valence electrons. The lowest BCUT2D eigenvalue weighted by molar-refractivity contribution is 0.0659. The lowest BCUT2D eigenvalue weighted by atomic mass is 9.59. The zero-order chi connectivity index (χ0) is 28.5. The molecule has 2 aromatic carbocycles. The van der Waals surface area contributed by atoms with Gasteiger partial charge in [-0.3, -0.25) is 0 Å². The number of aromatic amines is 1. The summed E-state index contributed by atoms with van der Waals surface area (Å²) in [4.78, 5) is 6.06. The molecule has 0 radical (unpaired) electrons. The number of hydrogen-bond donors (Lipinski definition) is 1. The number of fused-ring (bicyclic) bond motifs is 1. The van der Waals surface area contributed by atoms with Crippen molar-refractivity contribution in [3.8, 4) is 0 Å². The summed E-state index contributed by atoms with van der Waals surface area (Å²) >= 11 is 0. The minimum atomic E-state index is -0.196. The van der Waals surface area contributed by atoms with Gasteiger partial charge in [-0.2, -0.15) is 0 Å². The normalized spacial score (nSPS) is 26.3. The molecule has 40 heavy (non-hydrogen) atoms. The molecule has 1 N–H and O–H groups in total. The van der Waals surface area contributed by atoms with Gasteiger partial charge in [0.1, 0.15) is 5.82 Å². The maximum Gasteiger partial charge on any atom is 0.125 e. The van der Waals surface area contributed by atoms with Crippen LogP contribution in [-0.4, -0.2) is 22.0 Å². The molecular weight excluding hydrogens is 491 g/mol. The molecule has 1 saturated heterocycles. The van der Waals surface area contributed by atoms with Crippen LogP contribution in [0.5, 0.6) is 0 Å². The number of H-pyrrole nitrogens is 1. The van der Waals surface area contributed by atoms with E-state index in [9.17, 15) is 4.39 Å². The maximum atomic E-state index is 14.2. The Labute approximate surface area is 241 Å². The third-order valence-corrected chi connectivity index (χ3v) is 11.0. The van der Waals surface area contributed by atoms with E-state index in [1.165, 1.54) is 54.5 Å². The van der Waals surface area contributed by atoms with E-state index in [2.05, 4.69) is 74.1 Å². The number of benzene rings is 2. The van der Waals surface area contributed by atoms with Crippen molar-refractivity contribution in [3.63, 3.8) is 0 Å². The van der Waals surface area contributed by atoms with Gasteiger partial charge in [-0.15, -0.1) is 0 Å². The Bertz CT molecular complexity index is 1330. The third-order valence-electron chi connectivity index (χ3n) is 11.0. The summed E-state index contributed by atoms with van der Waals surface area (Å²) in [6.45, 7) is 20.2. The van der Waals surface area contributed by atoms with Gasteiger partial charge in [0, 0.05) is 52.6 Å². The predicted octanol–water partition coefficient (Wildman–Crippen LogP) is 10.2. The molecular formula is C37H49FN2. The SMILES string of the molecule is C=C(C[C@]1(C)[C@@H](c2c[nH]c3cc(F)ccc23)CN(C(=C)Cc2ccccc2)[C@]1(C)CCC)C(C)C1CCCCC1. The molecule has 5 rings (SSSR count). The lowest BCUT2D eigenvalue weighted by Crippen LogP contribution is -2.51. The molecule has 1 unspecified atom stereocenters. The number of nitrogens with zero attached hydrogens (tertiary/aromatic N) is 1. The van der Waals surface area contributed by atoms with E-state index in [1.54, 1.807) is 12.1 Å². The monoisotopic (exact) mass is 540 g/mol. The average Bonchev–Trinajstić information content (AvgIpc) is 3.45. The van der Waals surface area contributed by atoms with E-state index in [4.69, 9.17) is 13.2 Å². The fourth-order valence-electron chi connectivity index (χ4n) is 8.35. The number of likely N-dealkylation sites (tertiary alicyclic amines) is 1. The fourth-order valence-corrected chi connectivity index (χ4v) is 8.35. The Morgan fingerprint density at radius 2 is 1.80 bits per heavy atom. The first kappa shape index (κ1) is 28.7. The molecule has 2 heterocycles. The summed E-state index contributed by atoms with van der Waals surface area (Å²) < 4.78 is 14.2. The van der Waals surface area contributed by atoms with Crippen LogP contribution in [0.25, 0.3) is 10.9 Å². The van der Waals surface area contributed by atoms with Crippen molar-refractivity contribution in [1.29, 1.82) is 0 Å². The van der Waals surface area contributed by atoms with Gasteiger partial charge in [-0.05, 0) is 73.8 Å². The first-order chi connectivity index (χ1) is 19.2. The van der Waals surface area contributed by atoms with E-state index >= 15 is 0 Å². The second-order valence-electron chi connectivity index (χ2n) is 13.3. The molecule has 3 aromatic rings. The van der Waals surface area contributed by atoms with Gasteiger partial charge in [-0.1, -0.05) is 95.5 Å². The summed E-state index contributed by atoms with van der Waals surface area (Å²) in [5.74, 6) is 1.36. The number of allylic oxidation sites excluding steroid dienone is 2. The Morgan fingerprint density at radius 3 is 2.50 bits per heavy atom. The molecule has 1 aliphatic heterocycles. The van der Waals surface area contributed by atoms with Crippen molar-refractivity contribution in [2.45, 2.75) is 96.9 Å². The molecule has 1 aromatic heterocycles. The van der Waals surface area contributed by atoms with Crippen molar-refractivity contribution >= 4 is 10.9 Å². The summed E-state index contributed by atoms with van der Waals surface area (Å²) in [7, 11) is 0. The lowest BCUT2D eigenvalue weighted by Gasteiger charge is -2.50. The van der Waals surface area contributed by atoms with Crippen molar-refractivity contribution in [2.24, 2.45) is 17.3 Å². The molecule has 3 heteroatoms. The number of nitrogens with one attached hydrogen (secondary N) is 1. The number of aromatic nitrogens is 1. The van der Waals surface area contributed by atoms with Crippen LogP contribution in [0.1, 0.15) is 96.1 Å². The van der Waals surface area contributed by atoms with Gasteiger partial charge in [-0.25, -0.2) is 4.39 Å². The molecule has 2 nitrogen and oxygen atoms in total. The third kappa shape index (κ3) is 5.17.